The number of rotatable bonds is 1. The summed E-state index contributed by atoms with van der Waals surface area (Å²) in [6, 6.07) is 5.74. The Morgan fingerprint density at radius 1 is 1.31 bits per heavy atom. The summed E-state index contributed by atoms with van der Waals surface area (Å²) in [4.78, 5) is 4.11. The molecule has 0 aliphatic heterocycles. The number of nitrogens with zero attached hydrogens (tertiary/aromatic N) is 5. The van der Waals surface area contributed by atoms with Crippen LogP contribution in [0.2, 0.25) is 0 Å². The molecule has 3 aromatic heterocycles. The topological polar surface area (TPSA) is 74.0 Å². The Bertz CT molecular complexity index is 650. The summed E-state index contributed by atoms with van der Waals surface area (Å²) in [6.45, 7) is 0. The third kappa shape index (κ3) is 1.23. The van der Waals surface area contributed by atoms with E-state index in [0.717, 1.165) is 16.9 Å². The third-order valence-corrected chi connectivity index (χ3v) is 2.38. The largest absolute Gasteiger partial charge is 0.366 e. The second-order valence-electron chi connectivity index (χ2n) is 3.55. The summed E-state index contributed by atoms with van der Waals surface area (Å²) < 4.78 is 3.46. The highest BCUT2D eigenvalue weighted by Gasteiger charge is 2.07. The number of pyridine rings is 1. The van der Waals surface area contributed by atoms with E-state index in [2.05, 4.69) is 15.2 Å². The lowest BCUT2D eigenvalue weighted by Gasteiger charge is -1.99. The average molecular weight is 214 g/mol. The molecule has 2 N–H and O–H groups in total. The number of aryl methyl sites for hydroxylation is 1. The molecular weight excluding hydrogens is 204 g/mol. The van der Waals surface area contributed by atoms with Gasteiger partial charge >= 0.3 is 0 Å². The van der Waals surface area contributed by atoms with Gasteiger partial charge in [-0.15, -0.1) is 5.10 Å². The zero-order chi connectivity index (χ0) is 11.1. The maximum Gasteiger partial charge on any atom is 0.240 e. The van der Waals surface area contributed by atoms with Gasteiger partial charge in [0.15, 0.2) is 5.65 Å². The van der Waals surface area contributed by atoms with Gasteiger partial charge < -0.3 is 5.73 Å². The predicted molar refractivity (Wildman–Crippen MR) is 59.6 cm³/mol. The normalized spacial score (nSPS) is 11.1. The lowest BCUT2D eigenvalue weighted by atomic mass is 10.2. The van der Waals surface area contributed by atoms with Gasteiger partial charge in [0.1, 0.15) is 0 Å². The Hall–Kier alpha value is -2.37. The molecule has 3 aromatic rings. The van der Waals surface area contributed by atoms with Crippen molar-refractivity contribution >= 4 is 11.6 Å². The van der Waals surface area contributed by atoms with E-state index in [0.29, 0.717) is 0 Å². The maximum absolute atomic E-state index is 5.58. The molecule has 0 saturated carbocycles. The molecule has 6 nitrogen and oxygen atoms in total. The van der Waals surface area contributed by atoms with Crippen LogP contribution in [0.5, 0.6) is 0 Å². The molecular formula is C10H10N6. The van der Waals surface area contributed by atoms with Crippen molar-refractivity contribution in [3.63, 3.8) is 0 Å². The van der Waals surface area contributed by atoms with Crippen LogP contribution in [0.25, 0.3) is 16.9 Å². The molecule has 0 aliphatic rings. The Morgan fingerprint density at radius 2 is 2.19 bits per heavy atom. The fourth-order valence-electron chi connectivity index (χ4n) is 1.69. The predicted octanol–water partition coefficient (Wildman–Crippen LogP) is 0.712. The van der Waals surface area contributed by atoms with Crippen LogP contribution in [0.3, 0.4) is 0 Å². The van der Waals surface area contributed by atoms with Gasteiger partial charge in [0.05, 0.1) is 11.9 Å². The molecule has 0 aliphatic carbocycles. The van der Waals surface area contributed by atoms with E-state index in [9.17, 15) is 0 Å². The standard InChI is InChI=1S/C10H10N6/c1-15-6-7(5-12-15)8-3-2-4-9-13-10(11)14-16(8)9/h2-6H,1H3,(H2,11,14). The van der Waals surface area contributed by atoms with Crippen LogP contribution in [-0.2, 0) is 7.05 Å². The van der Waals surface area contributed by atoms with Crippen molar-refractivity contribution in [3.05, 3.63) is 30.6 Å². The monoisotopic (exact) mass is 214 g/mol. The van der Waals surface area contributed by atoms with Crippen LogP contribution in [0, 0.1) is 0 Å². The lowest BCUT2D eigenvalue weighted by molar-refractivity contribution is 0.768. The van der Waals surface area contributed by atoms with Gasteiger partial charge in [0.25, 0.3) is 0 Å². The number of nitrogen functional groups attached to an aromatic ring is 1. The number of aromatic nitrogens is 5. The minimum atomic E-state index is 0.274. The molecule has 3 rings (SSSR count). The minimum absolute atomic E-state index is 0.274. The molecule has 0 amide bonds. The molecule has 80 valence electrons. The number of hydrogen-bond acceptors (Lipinski definition) is 4. The van der Waals surface area contributed by atoms with Crippen molar-refractivity contribution in [3.8, 4) is 11.3 Å². The van der Waals surface area contributed by atoms with Crippen molar-refractivity contribution in [1.29, 1.82) is 0 Å². The van der Waals surface area contributed by atoms with Gasteiger partial charge in [0, 0.05) is 18.8 Å². The molecule has 0 saturated heterocycles. The van der Waals surface area contributed by atoms with Gasteiger partial charge in [-0.05, 0) is 12.1 Å². The van der Waals surface area contributed by atoms with Crippen LogP contribution < -0.4 is 5.73 Å². The number of anilines is 1. The highest BCUT2D eigenvalue weighted by Crippen LogP contribution is 2.19. The second-order valence-corrected chi connectivity index (χ2v) is 3.55. The SMILES string of the molecule is Cn1cc(-c2cccc3nc(N)nn23)cn1. The molecule has 3 heterocycles. The van der Waals surface area contributed by atoms with E-state index in [1.807, 2.05) is 31.4 Å². The van der Waals surface area contributed by atoms with Crippen LogP contribution in [0.15, 0.2) is 30.6 Å². The first-order chi connectivity index (χ1) is 7.74. The molecule has 16 heavy (non-hydrogen) atoms. The van der Waals surface area contributed by atoms with Crippen LogP contribution in [0.4, 0.5) is 5.95 Å². The van der Waals surface area contributed by atoms with Gasteiger partial charge in [-0.3, -0.25) is 4.68 Å². The number of fused-ring (bicyclic) bond motifs is 1. The first kappa shape index (κ1) is 8.90. The highest BCUT2D eigenvalue weighted by molar-refractivity contribution is 5.61. The van der Waals surface area contributed by atoms with E-state index in [1.54, 1.807) is 15.4 Å². The smallest absolute Gasteiger partial charge is 0.240 e. The summed E-state index contributed by atoms with van der Waals surface area (Å²) in [6.07, 6.45) is 3.71. The van der Waals surface area contributed by atoms with Gasteiger partial charge in [-0.2, -0.15) is 10.1 Å². The van der Waals surface area contributed by atoms with Gasteiger partial charge in [-0.1, -0.05) is 6.07 Å². The molecule has 0 radical (unpaired) electrons. The van der Waals surface area contributed by atoms with Crippen molar-refractivity contribution < 1.29 is 0 Å². The lowest BCUT2D eigenvalue weighted by Crippen LogP contribution is -1.93. The molecule has 6 heteroatoms. The quantitative estimate of drug-likeness (QED) is 0.647. The van der Waals surface area contributed by atoms with E-state index in [1.165, 1.54) is 0 Å². The fraction of sp³-hybridized carbons (Fsp3) is 0.100. The summed E-state index contributed by atoms with van der Waals surface area (Å²) in [5.41, 5.74) is 8.22. The fourth-order valence-corrected chi connectivity index (χ4v) is 1.69. The number of nitrogens with two attached hydrogens (primary N) is 1. The molecule has 0 atom stereocenters. The van der Waals surface area contributed by atoms with Crippen LogP contribution in [-0.4, -0.2) is 24.4 Å². The van der Waals surface area contributed by atoms with Crippen molar-refractivity contribution in [2.75, 3.05) is 5.73 Å². The van der Waals surface area contributed by atoms with Crippen LogP contribution in [0.1, 0.15) is 0 Å². The third-order valence-electron chi connectivity index (χ3n) is 2.38. The van der Waals surface area contributed by atoms with E-state index >= 15 is 0 Å². The van der Waals surface area contributed by atoms with E-state index in [-0.39, 0.29) is 5.95 Å². The van der Waals surface area contributed by atoms with Gasteiger partial charge in [0.2, 0.25) is 5.95 Å². The first-order valence-corrected chi connectivity index (χ1v) is 4.84. The molecule has 0 spiro atoms. The summed E-state index contributed by atoms with van der Waals surface area (Å²) in [5, 5.41) is 8.28. The van der Waals surface area contributed by atoms with Crippen molar-refractivity contribution in [1.82, 2.24) is 24.4 Å². The molecule has 0 unspecified atom stereocenters. The average Bonchev–Trinajstić information content (AvgIpc) is 2.82. The Labute approximate surface area is 91.3 Å². The molecule has 0 aromatic carbocycles. The maximum atomic E-state index is 5.58. The first-order valence-electron chi connectivity index (χ1n) is 4.84. The van der Waals surface area contributed by atoms with Crippen LogP contribution >= 0.6 is 0 Å². The summed E-state index contributed by atoms with van der Waals surface area (Å²) in [5.74, 6) is 0.274. The van der Waals surface area contributed by atoms with Crippen molar-refractivity contribution in [2.45, 2.75) is 0 Å². The highest BCUT2D eigenvalue weighted by atomic mass is 15.3. The Kier molecular flexibility index (Phi) is 1.70. The van der Waals surface area contributed by atoms with Gasteiger partial charge in [-0.25, -0.2) is 4.52 Å². The Balaban J connectivity index is 2.30. The minimum Gasteiger partial charge on any atom is -0.366 e. The zero-order valence-corrected chi connectivity index (χ0v) is 8.70. The second kappa shape index (κ2) is 3.06. The zero-order valence-electron chi connectivity index (χ0n) is 8.70. The van der Waals surface area contributed by atoms with E-state index in [4.69, 9.17) is 5.73 Å². The molecule has 0 bridgehead atoms. The molecule has 0 fully saturated rings. The van der Waals surface area contributed by atoms with E-state index < -0.39 is 0 Å². The summed E-state index contributed by atoms with van der Waals surface area (Å²) >= 11 is 0. The Morgan fingerprint density at radius 3 is 2.94 bits per heavy atom. The summed E-state index contributed by atoms with van der Waals surface area (Å²) in [7, 11) is 1.87. The number of hydrogen-bond donors (Lipinski definition) is 1. The van der Waals surface area contributed by atoms with Crippen molar-refractivity contribution in [2.24, 2.45) is 7.05 Å².